The van der Waals surface area contributed by atoms with Crippen molar-refractivity contribution in [3.63, 3.8) is 0 Å². The first-order chi connectivity index (χ1) is 7.68. The first-order valence-corrected chi connectivity index (χ1v) is 4.72. The van der Waals surface area contributed by atoms with Gasteiger partial charge in [0.1, 0.15) is 6.33 Å². The van der Waals surface area contributed by atoms with Crippen LogP contribution in [-0.2, 0) is 4.79 Å². The molecular weight excluding hydrogens is 208 g/mol. The molecule has 0 aliphatic carbocycles. The van der Waals surface area contributed by atoms with Crippen LogP contribution in [0.1, 0.15) is 18.5 Å². The Morgan fingerprint density at radius 3 is 2.69 bits per heavy atom. The number of hydrogen-bond donors (Lipinski definition) is 1. The lowest BCUT2D eigenvalue weighted by Crippen LogP contribution is -2.07. The van der Waals surface area contributed by atoms with Crippen LogP contribution in [0.25, 0.3) is 5.95 Å². The van der Waals surface area contributed by atoms with E-state index in [4.69, 9.17) is 5.11 Å². The van der Waals surface area contributed by atoms with Crippen molar-refractivity contribution in [2.24, 2.45) is 0 Å². The quantitative estimate of drug-likeness (QED) is 0.825. The van der Waals surface area contributed by atoms with E-state index in [1.54, 1.807) is 36.1 Å². The van der Waals surface area contributed by atoms with Crippen molar-refractivity contribution >= 4 is 5.97 Å². The molecule has 2 rings (SSSR count). The van der Waals surface area contributed by atoms with E-state index in [-0.39, 0.29) is 0 Å². The zero-order chi connectivity index (χ0) is 11.5. The number of carboxylic acid groups (broad SMARTS) is 1. The number of carbonyl (C=O) groups is 1. The molecule has 0 amide bonds. The van der Waals surface area contributed by atoms with E-state index in [2.05, 4.69) is 15.0 Å². The molecule has 0 saturated heterocycles. The molecule has 0 saturated carbocycles. The van der Waals surface area contributed by atoms with Gasteiger partial charge in [0.15, 0.2) is 0 Å². The van der Waals surface area contributed by atoms with E-state index in [1.807, 2.05) is 0 Å². The van der Waals surface area contributed by atoms with E-state index in [1.165, 1.54) is 6.33 Å². The molecule has 0 aliphatic heterocycles. The van der Waals surface area contributed by atoms with Gasteiger partial charge < -0.3 is 5.11 Å². The van der Waals surface area contributed by atoms with E-state index in [0.29, 0.717) is 11.6 Å². The molecule has 2 aromatic rings. The summed E-state index contributed by atoms with van der Waals surface area (Å²) in [4.78, 5) is 22.8. The van der Waals surface area contributed by atoms with Gasteiger partial charge in [-0.25, -0.2) is 15.0 Å². The maximum absolute atomic E-state index is 10.8. The molecule has 0 aliphatic rings. The first-order valence-electron chi connectivity index (χ1n) is 4.72. The van der Waals surface area contributed by atoms with Gasteiger partial charge >= 0.3 is 5.97 Å². The summed E-state index contributed by atoms with van der Waals surface area (Å²) in [5, 5.41) is 8.83. The minimum atomic E-state index is -0.903. The molecule has 0 aromatic carbocycles. The smallest absolute Gasteiger partial charge is 0.312 e. The molecule has 82 valence electrons. The van der Waals surface area contributed by atoms with Gasteiger partial charge in [0.2, 0.25) is 5.95 Å². The third kappa shape index (κ3) is 1.90. The van der Waals surface area contributed by atoms with Crippen LogP contribution in [0.5, 0.6) is 0 Å². The Morgan fingerprint density at radius 1 is 1.38 bits per heavy atom. The third-order valence-electron chi connectivity index (χ3n) is 2.20. The van der Waals surface area contributed by atoms with Gasteiger partial charge in [0, 0.05) is 18.6 Å². The van der Waals surface area contributed by atoms with Crippen LogP contribution in [0.4, 0.5) is 0 Å². The highest BCUT2D eigenvalue weighted by Gasteiger charge is 2.16. The van der Waals surface area contributed by atoms with Crippen LogP contribution >= 0.6 is 0 Å². The number of imidazole rings is 1. The van der Waals surface area contributed by atoms with Crippen LogP contribution in [0.3, 0.4) is 0 Å². The lowest BCUT2D eigenvalue weighted by molar-refractivity contribution is -0.138. The predicted molar refractivity (Wildman–Crippen MR) is 55.2 cm³/mol. The van der Waals surface area contributed by atoms with E-state index < -0.39 is 11.9 Å². The van der Waals surface area contributed by atoms with Crippen molar-refractivity contribution in [2.75, 3.05) is 0 Å². The topological polar surface area (TPSA) is 80.9 Å². The molecule has 6 nitrogen and oxygen atoms in total. The summed E-state index contributed by atoms with van der Waals surface area (Å²) in [6.45, 7) is 1.58. The zero-order valence-electron chi connectivity index (χ0n) is 8.61. The van der Waals surface area contributed by atoms with Gasteiger partial charge in [-0.2, -0.15) is 0 Å². The number of aliphatic carboxylic acids is 1. The average Bonchev–Trinajstić information content (AvgIpc) is 2.78. The van der Waals surface area contributed by atoms with Crippen LogP contribution in [0, 0.1) is 0 Å². The summed E-state index contributed by atoms with van der Waals surface area (Å²) in [6.07, 6.45) is 6.35. The second kappa shape index (κ2) is 4.09. The van der Waals surface area contributed by atoms with E-state index in [9.17, 15) is 4.79 Å². The number of carboxylic acids is 1. The van der Waals surface area contributed by atoms with Crippen molar-refractivity contribution in [3.05, 3.63) is 36.7 Å². The Bertz CT molecular complexity index is 495. The Balaban J connectivity index is 2.30. The number of hydrogen-bond acceptors (Lipinski definition) is 4. The SMILES string of the molecule is CC(C(=O)O)c1cn(-c2ncccn2)cn1. The van der Waals surface area contributed by atoms with Crippen molar-refractivity contribution in [3.8, 4) is 5.95 Å². The standard InChI is InChI=1S/C10H10N4O2/c1-7(9(15)16)8-5-14(6-13-8)10-11-3-2-4-12-10/h2-7H,1H3,(H,15,16). The second-order valence-corrected chi connectivity index (χ2v) is 3.31. The van der Waals surface area contributed by atoms with Crippen molar-refractivity contribution < 1.29 is 9.90 Å². The highest BCUT2D eigenvalue weighted by Crippen LogP contribution is 2.13. The summed E-state index contributed by atoms with van der Waals surface area (Å²) >= 11 is 0. The molecule has 0 spiro atoms. The fraction of sp³-hybridized carbons (Fsp3) is 0.200. The van der Waals surface area contributed by atoms with Gasteiger partial charge in [-0.15, -0.1) is 0 Å². The summed E-state index contributed by atoms with van der Waals surface area (Å²) in [6, 6.07) is 1.71. The summed E-state index contributed by atoms with van der Waals surface area (Å²) in [7, 11) is 0. The number of rotatable bonds is 3. The highest BCUT2D eigenvalue weighted by atomic mass is 16.4. The molecule has 1 unspecified atom stereocenters. The van der Waals surface area contributed by atoms with Gasteiger partial charge in [-0.05, 0) is 13.0 Å². The van der Waals surface area contributed by atoms with Crippen molar-refractivity contribution in [1.29, 1.82) is 0 Å². The second-order valence-electron chi connectivity index (χ2n) is 3.31. The minimum Gasteiger partial charge on any atom is -0.481 e. The molecule has 2 heterocycles. The third-order valence-corrected chi connectivity index (χ3v) is 2.20. The summed E-state index contributed by atoms with van der Waals surface area (Å²) in [5.74, 6) is -1.07. The Labute approximate surface area is 91.6 Å². The molecule has 1 N–H and O–H groups in total. The zero-order valence-corrected chi connectivity index (χ0v) is 8.61. The Kier molecular flexibility index (Phi) is 2.63. The lowest BCUT2D eigenvalue weighted by Gasteiger charge is -2.00. The van der Waals surface area contributed by atoms with Gasteiger partial charge in [-0.1, -0.05) is 0 Å². The molecule has 6 heteroatoms. The normalized spacial score (nSPS) is 12.3. The average molecular weight is 218 g/mol. The minimum absolute atomic E-state index is 0.471. The van der Waals surface area contributed by atoms with Crippen LogP contribution in [0.2, 0.25) is 0 Å². The predicted octanol–water partition coefficient (Wildman–Crippen LogP) is 0.850. The molecule has 0 radical (unpaired) electrons. The fourth-order valence-electron chi connectivity index (χ4n) is 1.22. The molecule has 1 atom stereocenters. The Morgan fingerprint density at radius 2 is 2.06 bits per heavy atom. The number of nitrogens with zero attached hydrogens (tertiary/aromatic N) is 4. The molecular formula is C10H10N4O2. The molecule has 16 heavy (non-hydrogen) atoms. The summed E-state index contributed by atoms with van der Waals surface area (Å²) in [5.41, 5.74) is 0.486. The Hall–Kier alpha value is -2.24. The fourth-order valence-corrected chi connectivity index (χ4v) is 1.22. The summed E-state index contributed by atoms with van der Waals surface area (Å²) < 4.78 is 1.59. The maximum Gasteiger partial charge on any atom is 0.312 e. The van der Waals surface area contributed by atoms with E-state index in [0.717, 1.165) is 0 Å². The van der Waals surface area contributed by atoms with Gasteiger partial charge in [-0.3, -0.25) is 9.36 Å². The van der Waals surface area contributed by atoms with Gasteiger partial charge in [0.05, 0.1) is 11.6 Å². The monoisotopic (exact) mass is 218 g/mol. The van der Waals surface area contributed by atoms with Crippen molar-refractivity contribution in [2.45, 2.75) is 12.8 Å². The number of aromatic nitrogens is 4. The van der Waals surface area contributed by atoms with Gasteiger partial charge in [0.25, 0.3) is 0 Å². The molecule has 2 aromatic heterocycles. The maximum atomic E-state index is 10.8. The van der Waals surface area contributed by atoms with Crippen LogP contribution in [0.15, 0.2) is 31.0 Å². The van der Waals surface area contributed by atoms with E-state index >= 15 is 0 Å². The molecule has 0 bridgehead atoms. The lowest BCUT2D eigenvalue weighted by atomic mass is 10.1. The van der Waals surface area contributed by atoms with Crippen LogP contribution in [-0.4, -0.2) is 30.6 Å². The first kappa shape index (κ1) is 10.3. The largest absolute Gasteiger partial charge is 0.481 e. The van der Waals surface area contributed by atoms with Crippen molar-refractivity contribution in [1.82, 2.24) is 19.5 Å². The molecule has 0 fully saturated rings. The highest BCUT2D eigenvalue weighted by molar-refractivity contribution is 5.74. The van der Waals surface area contributed by atoms with Crippen LogP contribution < -0.4 is 0 Å².